The van der Waals surface area contributed by atoms with Crippen molar-refractivity contribution in [1.82, 2.24) is 20.1 Å². The van der Waals surface area contributed by atoms with Gasteiger partial charge in [0.25, 0.3) is 0 Å². The molecule has 1 atom stereocenters. The highest BCUT2D eigenvalue weighted by Crippen LogP contribution is 2.12. The first kappa shape index (κ1) is 9.61. The molecule has 1 aliphatic rings. The van der Waals surface area contributed by atoms with Gasteiger partial charge in [-0.15, -0.1) is 0 Å². The molecule has 1 aromatic rings. The molecule has 78 valence electrons. The molecule has 1 aromatic heterocycles. The number of nitrogens with zero attached hydrogens (tertiary/aromatic N) is 3. The molecule has 0 amide bonds. The molecule has 0 saturated carbocycles. The highest BCUT2D eigenvalue weighted by molar-refractivity contribution is 4.96. The number of nitrogens with one attached hydrogen (secondary N) is 1. The minimum Gasteiger partial charge on any atom is -0.395 e. The minimum atomic E-state index is 0.194. The summed E-state index contributed by atoms with van der Waals surface area (Å²) < 4.78 is 1.97. The van der Waals surface area contributed by atoms with Gasteiger partial charge in [0, 0.05) is 19.0 Å². The Bertz CT molecular complexity index is 310. The fourth-order valence-corrected chi connectivity index (χ4v) is 1.87. The number of hydrogen-bond acceptors (Lipinski definition) is 4. The average Bonchev–Trinajstić information content (AvgIpc) is 2.54. The van der Waals surface area contributed by atoms with Gasteiger partial charge in [-0.05, 0) is 13.3 Å². The van der Waals surface area contributed by atoms with Gasteiger partial charge in [-0.1, -0.05) is 0 Å². The Morgan fingerprint density at radius 1 is 1.64 bits per heavy atom. The van der Waals surface area contributed by atoms with Crippen LogP contribution in [-0.2, 0) is 13.0 Å². The predicted octanol–water partition coefficient (Wildman–Crippen LogP) is -0.517. The monoisotopic (exact) mass is 196 g/mol. The summed E-state index contributed by atoms with van der Waals surface area (Å²) in [6, 6.07) is 0.427. The van der Waals surface area contributed by atoms with Crippen LogP contribution >= 0.6 is 0 Å². The largest absolute Gasteiger partial charge is 0.395 e. The molecule has 5 heteroatoms. The van der Waals surface area contributed by atoms with Gasteiger partial charge in [0.15, 0.2) is 0 Å². The van der Waals surface area contributed by atoms with Crippen LogP contribution in [0.4, 0.5) is 0 Å². The molecule has 0 radical (unpaired) electrons. The summed E-state index contributed by atoms with van der Waals surface area (Å²) in [5.41, 5.74) is 0. The van der Waals surface area contributed by atoms with Crippen molar-refractivity contribution >= 4 is 0 Å². The second-order valence-electron chi connectivity index (χ2n) is 3.67. The summed E-state index contributed by atoms with van der Waals surface area (Å²) in [5, 5.41) is 16.3. The lowest BCUT2D eigenvalue weighted by molar-refractivity contribution is 0.269. The SMILES string of the molecule is Cc1nc2n(n1)CC(NCCO)CC2. The molecule has 5 nitrogen and oxygen atoms in total. The van der Waals surface area contributed by atoms with E-state index in [-0.39, 0.29) is 6.61 Å². The van der Waals surface area contributed by atoms with Crippen LogP contribution in [0.15, 0.2) is 0 Å². The van der Waals surface area contributed by atoms with E-state index in [1.165, 1.54) is 0 Å². The van der Waals surface area contributed by atoms with Crippen LogP contribution in [0, 0.1) is 6.92 Å². The Kier molecular flexibility index (Phi) is 2.79. The average molecular weight is 196 g/mol. The van der Waals surface area contributed by atoms with Crippen LogP contribution in [0.2, 0.25) is 0 Å². The van der Waals surface area contributed by atoms with Crippen molar-refractivity contribution in [3.8, 4) is 0 Å². The first-order valence-corrected chi connectivity index (χ1v) is 5.04. The summed E-state index contributed by atoms with van der Waals surface area (Å²) in [7, 11) is 0. The zero-order chi connectivity index (χ0) is 9.97. The molecule has 2 rings (SSSR count). The topological polar surface area (TPSA) is 63.0 Å². The van der Waals surface area contributed by atoms with E-state index < -0.39 is 0 Å². The van der Waals surface area contributed by atoms with Crippen LogP contribution in [0.1, 0.15) is 18.1 Å². The van der Waals surface area contributed by atoms with Crippen LogP contribution in [-0.4, -0.2) is 39.1 Å². The number of fused-ring (bicyclic) bond motifs is 1. The summed E-state index contributed by atoms with van der Waals surface area (Å²) in [5.74, 6) is 1.94. The van der Waals surface area contributed by atoms with Gasteiger partial charge in [-0.3, -0.25) is 0 Å². The van der Waals surface area contributed by atoms with E-state index in [0.29, 0.717) is 12.6 Å². The number of aromatic nitrogens is 3. The quantitative estimate of drug-likeness (QED) is 0.683. The van der Waals surface area contributed by atoms with E-state index >= 15 is 0 Å². The smallest absolute Gasteiger partial charge is 0.147 e. The molecule has 0 bridgehead atoms. The number of aliphatic hydroxyl groups excluding tert-OH is 1. The van der Waals surface area contributed by atoms with E-state index in [4.69, 9.17) is 5.11 Å². The lowest BCUT2D eigenvalue weighted by atomic mass is 10.1. The third-order valence-corrected chi connectivity index (χ3v) is 2.51. The van der Waals surface area contributed by atoms with Gasteiger partial charge < -0.3 is 10.4 Å². The van der Waals surface area contributed by atoms with Crippen LogP contribution in [0.3, 0.4) is 0 Å². The Labute approximate surface area is 83.2 Å². The molecule has 0 fully saturated rings. The molecule has 1 unspecified atom stereocenters. The second-order valence-corrected chi connectivity index (χ2v) is 3.67. The maximum atomic E-state index is 8.70. The zero-order valence-corrected chi connectivity index (χ0v) is 8.40. The first-order valence-electron chi connectivity index (χ1n) is 5.04. The Morgan fingerprint density at radius 2 is 2.50 bits per heavy atom. The third kappa shape index (κ3) is 1.93. The van der Waals surface area contributed by atoms with E-state index in [2.05, 4.69) is 15.4 Å². The Hall–Kier alpha value is -0.940. The maximum absolute atomic E-state index is 8.70. The minimum absolute atomic E-state index is 0.194. The molecule has 0 aromatic carbocycles. The molecule has 0 spiro atoms. The summed E-state index contributed by atoms with van der Waals surface area (Å²) in [6.07, 6.45) is 2.06. The number of aryl methyl sites for hydroxylation is 2. The maximum Gasteiger partial charge on any atom is 0.147 e. The van der Waals surface area contributed by atoms with Gasteiger partial charge in [0.2, 0.25) is 0 Å². The number of aliphatic hydroxyl groups is 1. The number of rotatable bonds is 3. The normalized spacial score (nSPS) is 20.9. The van der Waals surface area contributed by atoms with Crippen molar-refractivity contribution in [1.29, 1.82) is 0 Å². The van der Waals surface area contributed by atoms with E-state index in [1.807, 2.05) is 11.6 Å². The van der Waals surface area contributed by atoms with Crippen molar-refractivity contribution in [2.75, 3.05) is 13.2 Å². The van der Waals surface area contributed by atoms with Gasteiger partial charge in [0.1, 0.15) is 11.6 Å². The molecular formula is C9H16N4O. The summed E-state index contributed by atoms with van der Waals surface area (Å²) >= 11 is 0. The van der Waals surface area contributed by atoms with Crippen molar-refractivity contribution < 1.29 is 5.11 Å². The van der Waals surface area contributed by atoms with Crippen molar-refractivity contribution in [2.45, 2.75) is 32.4 Å². The van der Waals surface area contributed by atoms with E-state index in [0.717, 1.165) is 31.0 Å². The van der Waals surface area contributed by atoms with Crippen LogP contribution < -0.4 is 5.32 Å². The first-order chi connectivity index (χ1) is 6.79. The summed E-state index contributed by atoms with van der Waals surface area (Å²) in [6.45, 7) is 3.64. The molecule has 2 N–H and O–H groups in total. The fourth-order valence-electron chi connectivity index (χ4n) is 1.87. The summed E-state index contributed by atoms with van der Waals surface area (Å²) in [4.78, 5) is 4.34. The molecule has 14 heavy (non-hydrogen) atoms. The second kappa shape index (κ2) is 4.06. The van der Waals surface area contributed by atoms with Gasteiger partial charge in [-0.25, -0.2) is 9.67 Å². The number of hydrogen-bond donors (Lipinski definition) is 2. The molecule has 0 saturated heterocycles. The molecule has 0 aliphatic carbocycles. The lowest BCUT2D eigenvalue weighted by Gasteiger charge is -2.23. The molecule has 1 aliphatic heterocycles. The van der Waals surface area contributed by atoms with E-state index in [1.54, 1.807) is 0 Å². The van der Waals surface area contributed by atoms with Gasteiger partial charge >= 0.3 is 0 Å². The Balaban J connectivity index is 1.98. The van der Waals surface area contributed by atoms with Crippen molar-refractivity contribution in [2.24, 2.45) is 0 Å². The Morgan fingerprint density at radius 3 is 3.29 bits per heavy atom. The van der Waals surface area contributed by atoms with E-state index in [9.17, 15) is 0 Å². The fraction of sp³-hybridized carbons (Fsp3) is 0.778. The molecular weight excluding hydrogens is 180 g/mol. The van der Waals surface area contributed by atoms with Crippen LogP contribution in [0.25, 0.3) is 0 Å². The van der Waals surface area contributed by atoms with Crippen molar-refractivity contribution in [3.63, 3.8) is 0 Å². The van der Waals surface area contributed by atoms with Gasteiger partial charge in [-0.2, -0.15) is 5.10 Å². The highest BCUT2D eigenvalue weighted by Gasteiger charge is 2.19. The third-order valence-electron chi connectivity index (χ3n) is 2.51. The zero-order valence-electron chi connectivity index (χ0n) is 8.40. The van der Waals surface area contributed by atoms with Crippen LogP contribution in [0.5, 0.6) is 0 Å². The molecule has 2 heterocycles. The van der Waals surface area contributed by atoms with Crippen molar-refractivity contribution in [3.05, 3.63) is 11.6 Å². The lowest BCUT2D eigenvalue weighted by Crippen LogP contribution is -2.39. The standard InChI is InChI=1S/C9H16N4O/c1-7-11-9-3-2-8(10-4-5-14)6-13(9)12-7/h8,10,14H,2-6H2,1H3. The predicted molar refractivity (Wildman–Crippen MR) is 52.0 cm³/mol. The highest BCUT2D eigenvalue weighted by atomic mass is 16.3. The van der Waals surface area contributed by atoms with Gasteiger partial charge in [0.05, 0.1) is 13.2 Å².